The summed E-state index contributed by atoms with van der Waals surface area (Å²) in [5, 5.41) is 9.52. The zero-order valence-electron chi connectivity index (χ0n) is 12.9. The highest BCUT2D eigenvalue weighted by molar-refractivity contribution is 5.76. The zero-order valence-corrected chi connectivity index (χ0v) is 12.9. The molecule has 0 aliphatic carbocycles. The fraction of sp³-hybridized carbons (Fsp3) is 0.929. The number of hydrogen-bond acceptors (Lipinski definition) is 5. The van der Waals surface area contributed by atoms with Gasteiger partial charge in [-0.15, -0.1) is 0 Å². The third kappa shape index (κ3) is 5.01. The van der Waals surface area contributed by atoms with Crippen LogP contribution in [-0.4, -0.2) is 78.9 Å². The number of methoxy groups -OCH3 is 1. The van der Waals surface area contributed by atoms with Crippen molar-refractivity contribution >= 4 is 5.91 Å². The Hall–Kier alpha value is -0.690. The van der Waals surface area contributed by atoms with Gasteiger partial charge in [0.25, 0.3) is 0 Å². The van der Waals surface area contributed by atoms with Gasteiger partial charge in [-0.2, -0.15) is 0 Å². The lowest BCUT2D eigenvalue weighted by molar-refractivity contribution is -0.137. The number of nitrogens with two attached hydrogens (primary N) is 1. The van der Waals surface area contributed by atoms with Crippen molar-refractivity contribution in [3.63, 3.8) is 0 Å². The maximum Gasteiger partial charge on any atom is 0.225 e. The molecule has 6 nitrogen and oxygen atoms in total. The van der Waals surface area contributed by atoms with Crippen LogP contribution in [0.5, 0.6) is 0 Å². The van der Waals surface area contributed by atoms with Gasteiger partial charge in [-0.3, -0.25) is 9.69 Å². The van der Waals surface area contributed by atoms with E-state index in [-0.39, 0.29) is 18.1 Å². The first-order chi connectivity index (χ1) is 9.51. The van der Waals surface area contributed by atoms with Gasteiger partial charge in [0.1, 0.15) is 0 Å². The fourth-order valence-electron chi connectivity index (χ4n) is 2.67. The van der Waals surface area contributed by atoms with E-state index in [0.717, 1.165) is 19.5 Å². The number of β-amino-alcohol motifs (C(OH)–C–C–N with tert-alkyl or cyclic N) is 1. The van der Waals surface area contributed by atoms with Crippen LogP contribution >= 0.6 is 0 Å². The van der Waals surface area contributed by atoms with Crippen LogP contribution < -0.4 is 5.73 Å². The van der Waals surface area contributed by atoms with Crippen molar-refractivity contribution in [2.45, 2.75) is 44.9 Å². The Morgan fingerprint density at radius 3 is 2.70 bits per heavy atom. The molecule has 6 heteroatoms. The summed E-state index contributed by atoms with van der Waals surface area (Å²) in [7, 11) is 1.58. The molecule has 0 radical (unpaired) electrons. The third-order valence-corrected chi connectivity index (χ3v) is 3.93. The van der Waals surface area contributed by atoms with Crippen LogP contribution in [0, 0.1) is 0 Å². The van der Waals surface area contributed by atoms with E-state index in [1.807, 2.05) is 4.90 Å². The Labute approximate surface area is 121 Å². The van der Waals surface area contributed by atoms with E-state index in [4.69, 9.17) is 10.5 Å². The van der Waals surface area contributed by atoms with E-state index in [9.17, 15) is 9.90 Å². The molecule has 20 heavy (non-hydrogen) atoms. The van der Waals surface area contributed by atoms with Crippen LogP contribution in [0.2, 0.25) is 0 Å². The largest absolute Gasteiger partial charge is 0.392 e. The number of aliphatic hydroxyl groups is 1. The normalized spacial score (nSPS) is 23.6. The number of rotatable bonds is 7. The monoisotopic (exact) mass is 287 g/mol. The maximum atomic E-state index is 12.2. The van der Waals surface area contributed by atoms with Crippen molar-refractivity contribution in [1.82, 2.24) is 9.80 Å². The minimum absolute atomic E-state index is 0.109. The highest BCUT2D eigenvalue weighted by Gasteiger charge is 2.29. The summed E-state index contributed by atoms with van der Waals surface area (Å²) in [6.45, 7) is 7.20. The first kappa shape index (κ1) is 17.4. The lowest BCUT2D eigenvalue weighted by Gasteiger charge is -2.42. The first-order valence-corrected chi connectivity index (χ1v) is 7.44. The second-order valence-corrected chi connectivity index (χ2v) is 5.54. The summed E-state index contributed by atoms with van der Waals surface area (Å²) in [4.78, 5) is 16.4. The van der Waals surface area contributed by atoms with Gasteiger partial charge < -0.3 is 20.5 Å². The maximum absolute atomic E-state index is 12.2. The van der Waals surface area contributed by atoms with Crippen molar-refractivity contribution in [1.29, 1.82) is 0 Å². The quantitative estimate of drug-likeness (QED) is 0.669. The lowest BCUT2D eigenvalue weighted by atomic mass is 10.1. The van der Waals surface area contributed by atoms with Gasteiger partial charge in [0.05, 0.1) is 18.6 Å². The third-order valence-electron chi connectivity index (χ3n) is 3.93. The van der Waals surface area contributed by atoms with Gasteiger partial charge in [-0.25, -0.2) is 0 Å². The van der Waals surface area contributed by atoms with Crippen molar-refractivity contribution < 1.29 is 14.6 Å². The molecule has 0 bridgehead atoms. The van der Waals surface area contributed by atoms with Crippen molar-refractivity contribution in [2.24, 2.45) is 5.73 Å². The molecule has 1 aliphatic heterocycles. The SMILES string of the molecule is CCC1CN(C(=O)CC(CN)OC)CCN1CC(C)O. The molecule has 0 aromatic carbocycles. The molecule has 3 atom stereocenters. The van der Waals surface area contributed by atoms with Gasteiger partial charge in [-0.05, 0) is 13.3 Å². The van der Waals surface area contributed by atoms with Gasteiger partial charge in [0.15, 0.2) is 0 Å². The molecule has 1 fully saturated rings. The number of carbonyl (C=O) groups is 1. The predicted molar refractivity (Wildman–Crippen MR) is 78.4 cm³/mol. The van der Waals surface area contributed by atoms with Crippen LogP contribution in [0.25, 0.3) is 0 Å². The molecule has 0 aromatic rings. The van der Waals surface area contributed by atoms with E-state index >= 15 is 0 Å². The van der Waals surface area contributed by atoms with Gasteiger partial charge >= 0.3 is 0 Å². The highest BCUT2D eigenvalue weighted by Crippen LogP contribution is 2.15. The Morgan fingerprint density at radius 1 is 1.50 bits per heavy atom. The molecular weight excluding hydrogens is 258 g/mol. The van der Waals surface area contributed by atoms with E-state index in [0.29, 0.717) is 32.1 Å². The van der Waals surface area contributed by atoms with Crippen LogP contribution in [0.1, 0.15) is 26.7 Å². The number of piperazine rings is 1. The number of carbonyl (C=O) groups excluding carboxylic acids is 1. The second-order valence-electron chi connectivity index (χ2n) is 5.54. The molecule has 0 aromatic heterocycles. The summed E-state index contributed by atoms with van der Waals surface area (Å²) in [5.74, 6) is 0.109. The molecule has 1 heterocycles. The predicted octanol–water partition coefficient (Wildman–Crippen LogP) is -0.346. The Kier molecular flexibility index (Phi) is 7.43. The number of aliphatic hydroxyl groups excluding tert-OH is 1. The van der Waals surface area contributed by atoms with Crippen LogP contribution in [-0.2, 0) is 9.53 Å². The summed E-state index contributed by atoms with van der Waals surface area (Å²) >= 11 is 0. The van der Waals surface area contributed by atoms with Crippen LogP contribution in [0.4, 0.5) is 0 Å². The first-order valence-electron chi connectivity index (χ1n) is 7.44. The second kappa shape index (κ2) is 8.56. The average Bonchev–Trinajstić information content (AvgIpc) is 2.44. The lowest BCUT2D eigenvalue weighted by Crippen LogP contribution is -2.56. The Balaban J connectivity index is 2.52. The average molecular weight is 287 g/mol. The van der Waals surface area contributed by atoms with Crippen molar-refractivity contribution in [3.8, 4) is 0 Å². The molecule has 3 N–H and O–H groups in total. The molecule has 1 amide bonds. The summed E-state index contributed by atoms with van der Waals surface area (Å²) in [6.07, 6.45) is 0.792. The number of amides is 1. The summed E-state index contributed by atoms with van der Waals surface area (Å²) in [6, 6.07) is 0.321. The van der Waals surface area contributed by atoms with E-state index in [2.05, 4.69) is 11.8 Å². The van der Waals surface area contributed by atoms with E-state index < -0.39 is 0 Å². The standard InChI is InChI=1S/C14H29N3O3/c1-4-12-10-17(6-5-16(12)9-11(2)18)14(19)7-13(8-15)20-3/h11-13,18H,4-10,15H2,1-3H3. The number of ether oxygens (including phenoxy) is 1. The zero-order chi connectivity index (χ0) is 15.1. The van der Waals surface area contributed by atoms with E-state index in [1.54, 1.807) is 14.0 Å². The topological polar surface area (TPSA) is 79.0 Å². The van der Waals surface area contributed by atoms with Crippen LogP contribution in [0.15, 0.2) is 0 Å². The molecule has 1 aliphatic rings. The molecule has 1 rings (SSSR count). The van der Waals surface area contributed by atoms with Gasteiger partial charge in [0, 0.05) is 45.9 Å². The molecule has 0 spiro atoms. The number of nitrogens with zero attached hydrogens (tertiary/aromatic N) is 2. The van der Waals surface area contributed by atoms with Gasteiger partial charge in [0.2, 0.25) is 5.91 Å². The minimum Gasteiger partial charge on any atom is -0.392 e. The minimum atomic E-state index is -0.332. The van der Waals surface area contributed by atoms with Crippen molar-refractivity contribution in [2.75, 3.05) is 39.8 Å². The smallest absolute Gasteiger partial charge is 0.225 e. The molecular formula is C14H29N3O3. The van der Waals surface area contributed by atoms with E-state index in [1.165, 1.54) is 0 Å². The fourth-order valence-corrected chi connectivity index (χ4v) is 2.67. The molecule has 118 valence electrons. The van der Waals surface area contributed by atoms with Crippen LogP contribution in [0.3, 0.4) is 0 Å². The van der Waals surface area contributed by atoms with Crippen molar-refractivity contribution in [3.05, 3.63) is 0 Å². The molecule has 0 saturated carbocycles. The van der Waals surface area contributed by atoms with Gasteiger partial charge in [-0.1, -0.05) is 6.92 Å². The highest BCUT2D eigenvalue weighted by atomic mass is 16.5. The summed E-state index contributed by atoms with van der Waals surface area (Å²) < 4.78 is 5.17. The Morgan fingerprint density at radius 2 is 2.20 bits per heavy atom. The summed E-state index contributed by atoms with van der Waals surface area (Å²) in [5.41, 5.74) is 5.56. The molecule has 1 saturated heterocycles. The number of hydrogen-bond donors (Lipinski definition) is 2. The molecule has 3 unspecified atom stereocenters. The Bertz CT molecular complexity index is 295.